The first-order valence-corrected chi connectivity index (χ1v) is 6.62. The number of rotatable bonds is 2. The Balaban J connectivity index is 2.01. The maximum Gasteiger partial charge on any atom is 0.310 e. The Morgan fingerprint density at radius 1 is 0.947 bits per heavy atom. The second-order valence-electron chi connectivity index (χ2n) is 5.65. The van der Waals surface area contributed by atoms with Gasteiger partial charge in [-0.05, 0) is 30.6 Å². The highest BCUT2D eigenvalue weighted by molar-refractivity contribution is 5.84. The van der Waals surface area contributed by atoms with Crippen LogP contribution in [0.4, 0.5) is 0 Å². The Morgan fingerprint density at radius 3 is 2.00 bits per heavy atom. The van der Waals surface area contributed by atoms with Gasteiger partial charge in [-0.1, -0.05) is 23.8 Å². The fourth-order valence-corrected chi connectivity index (χ4v) is 4.18. The SMILES string of the molecule is COC(=O)[C@@H]1[C@H]2C=C[C@@H]([C@@H]3C=C(C)[C@H]32)[C@@H]1C(=O)OC. The monoisotopic (exact) mass is 262 g/mol. The number of hydrogen-bond donors (Lipinski definition) is 0. The Kier molecular flexibility index (Phi) is 2.77. The van der Waals surface area contributed by atoms with Crippen molar-refractivity contribution in [1.29, 1.82) is 0 Å². The molecule has 2 bridgehead atoms. The molecular weight excluding hydrogens is 244 g/mol. The van der Waals surface area contributed by atoms with Gasteiger partial charge in [0.25, 0.3) is 0 Å². The van der Waals surface area contributed by atoms with Crippen molar-refractivity contribution in [1.82, 2.24) is 0 Å². The molecule has 0 N–H and O–H groups in total. The summed E-state index contributed by atoms with van der Waals surface area (Å²) in [6, 6.07) is 0. The van der Waals surface area contributed by atoms with E-state index in [1.807, 2.05) is 0 Å². The minimum absolute atomic E-state index is 0.0650. The fraction of sp³-hybridized carbons (Fsp3) is 0.600. The maximum atomic E-state index is 12.1. The van der Waals surface area contributed by atoms with Gasteiger partial charge in [0, 0.05) is 0 Å². The van der Waals surface area contributed by atoms with E-state index in [1.54, 1.807) is 0 Å². The van der Waals surface area contributed by atoms with Gasteiger partial charge in [0.15, 0.2) is 0 Å². The minimum atomic E-state index is -0.405. The van der Waals surface area contributed by atoms with Gasteiger partial charge in [0.05, 0.1) is 26.1 Å². The second kappa shape index (κ2) is 4.22. The number of esters is 2. The minimum Gasteiger partial charge on any atom is -0.469 e. The zero-order valence-electron chi connectivity index (χ0n) is 11.3. The normalized spacial score (nSPS) is 41.9. The van der Waals surface area contributed by atoms with Crippen molar-refractivity contribution in [2.75, 3.05) is 14.2 Å². The molecule has 0 unspecified atom stereocenters. The molecule has 6 atom stereocenters. The Bertz CT molecular complexity index is 490. The first-order chi connectivity index (χ1) is 9.10. The van der Waals surface area contributed by atoms with Crippen LogP contribution in [0.2, 0.25) is 0 Å². The average Bonchev–Trinajstić information content (AvgIpc) is 2.42. The lowest BCUT2D eigenvalue weighted by molar-refractivity contribution is -0.168. The highest BCUT2D eigenvalue weighted by Crippen LogP contribution is 2.59. The van der Waals surface area contributed by atoms with Gasteiger partial charge in [-0.15, -0.1) is 0 Å². The number of ether oxygens (including phenoxy) is 2. The van der Waals surface area contributed by atoms with Crippen LogP contribution >= 0.6 is 0 Å². The van der Waals surface area contributed by atoms with E-state index in [4.69, 9.17) is 9.47 Å². The quantitative estimate of drug-likeness (QED) is 0.560. The van der Waals surface area contributed by atoms with E-state index in [-0.39, 0.29) is 23.8 Å². The summed E-state index contributed by atoms with van der Waals surface area (Å²) in [6.45, 7) is 2.09. The molecule has 4 heteroatoms. The Morgan fingerprint density at radius 2 is 1.47 bits per heavy atom. The van der Waals surface area contributed by atoms with E-state index in [0.717, 1.165) is 0 Å². The number of carbonyl (C=O) groups excluding carboxylic acids is 2. The summed E-state index contributed by atoms with van der Waals surface area (Å²) in [7, 11) is 2.76. The van der Waals surface area contributed by atoms with Gasteiger partial charge in [-0.3, -0.25) is 9.59 Å². The molecule has 0 aromatic carbocycles. The molecule has 0 radical (unpaired) electrons. The zero-order valence-corrected chi connectivity index (χ0v) is 11.3. The van der Waals surface area contributed by atoms with Crippen LogP contribution in [0.5, 0.6) is 0 Å². The standard InChI is InChI=1S/C15H18O4/c1-7-6-10-8-4-5-9(11(7)10)13(15(17)19-3)12(8)14(16)18-2/h4-6,8-13H,1-3H3/t8-,9-,10-,11-,12-,13+/m0/s1. The summed E-state index contributed by atoms with van der Waals surface area (Å²) < 4.78 is 9.81. The van der Waals surface area contributed by atoms with Crippen LogP contribution in [0, 0.1) is 35.5 Å². The molecular formula is C15H18O4. The van der Waals surface area contributed by atoms with Crippen LogP contribution in [0.15, 0.2) is 23.8 Å². The molecule has 4 aliphatic carbocycles. The molecule has 1 fully saturated rings. The van der Waals surface area contributed by atoms with Crippen molar-refractivity contribution in [3.8, 4) is 0 Å². The van der Waals surface area contributed by atoms with Gasteiger partial charge in [0.2, 0.25) is 0 Å². The zero-order chi connectivity index (χ0) is 13.7. The predicted octanol–water partition coefficient (Wildman–Crippen LogP) is 1.57. The molecule has 102 valence electrons. The summed E-state index contributed by atoms with van der Waals surface area (Å²) in [4.78, 5) is 24.1. The van der Waals surface area contributed by atoms with Gasteiger partial charge in [0.1, 0.15) is 0 Å². The maximum absolute atomic E-state index is 12.1. The largest absolute Gasteiger partial charge is 0.469 e. The number of allylic oxidation sites excluding steroid dienone is 4. The summed E-state index contributed by atoms with van der Waals surface area (Å²) >= 11 is 0. The third-order valence-corrected chi connectivity index (χ3v) is 4.97. The van der Waals surface area contributed by atoms with E-state index in [1.165, 1.54) is 19.8 Å². The van der Waals surface area contributed by atoms with Gasteiger partial charge < -0.3 is 9.47 Å². The number of methoxy groups -OCH3 is 2. The average molecular weight is 262 g/mol. The first-order valence-electron chi connectivity index (χ1n) is 6.62. The van der Waals surface area contributed by atoms with Gasteiger partial charge >= 0.3 is 11.9 Å². The highest BCUT2D eigenvalue weighted by Gasteiger charge is 2.59. The van der Waals surface area contributed by atoms with Crippen LogP contribution < -0.4 is 0 Å². The molecule has 4 aliphatic rings. The summed E-state index contributed by atoms with van der Waals surface area (Å²) in [5.74, 6) is -0.513. The van der Waals surface area contributed by atoms with Gasteiger partial charge in [-0.2, -0.15) is 0 Å². The topological polar surface area (TPSA) is 52.6 Å². The molecule has 0 saturated heterocycles. The van der Waals surface area contributed by atoms with Crippen molar-refractivity contribution in [2.24, 2.45) is 35.5 Å². The molecule has 4 nitrogen and oxygen atoms in total. The van der Waals surface area contributed by atoms with Crippen LogP contribution in [-0.2, 0) is 19.1 Å². The van der Waals surface area contributed by atoms with E-state index in [0.29, 0.717) is 11.8 Å². The Hall–Kier alpha value is -1.58. The first kappa shape index (κ1) is 12.5. The van der Waals surface area contributed by atoms with Crippen molar-refractivity contribution < 1.29 is 19.1 Å². The van der Waals surface area contributed by atoms with Crippen LogP contribution in [0.3, 0.4) is 0 Å². The fourth-order valence-electron chi connectivity index (χ4n) is 4.18. The van der Waals surface area contributed by atoms with Crippen molar-refractivity contribution in [3.05, 3.63) is 23.8 Å². The van der Waals surface area contributed by atoms with Gasteiger partial charge in [-0.25, -0.2) is 0 Å². The van der Waals surface area contributed by atoms with E-state index >= 15 is 0 Å². The lowest BCUT2D eigenvalue weighted by Gasteiger charge is -2.55. The number of fused-ring (bicyclic) bond motifs is 1. The molecule has 0 spiro atoms. The lowest BCUT2D eigenvalue weighted by Crippen LogP contribution is -2.56. The van der Waals surface area contributed by atoms with Crippen LogP contribution in [0.25, 0.3) is 0 Å². The highest BCUT2D eigenvalue weighted by atomic mass is 16.5. The predicted molar refractivity (Wildman–Crippen MR) is 67.9 cm³/mol. The summed E-state index contributed by atoms with van der Waals surface area (Å²) in [5.41, 5.74) is 1.32. The molecule has 0 amide bonds. The molecule has 1 saturated carbocycles. The molecule has 0 heterocycles. The number of carbonyl (C=O) groups is 2. The van der Waals surface area contributed by atoms with Crippen molar-refractivity contribution >= 4 is 11.9 Å². The van der Waals surface area contributed by atoms with Crippen LogP contribution in [-0.4, -0.2) is 26.2 Å². The third-order valence-electron chi connectivity index (χ3n) is 4.97. The van der Waals surface area contributed by atoms with Crippen LogP contribution in [0.1, 0.15) is 6.92 Å². The van der Waals surface area contributed by atoms with E-state index < -0.39 is 11.8 Å². The molecule has 4 rings (SSSR count). The van der Waals surface area contributed by atoms with E-state index in [9.17, 15) is 9.59 Å². The Labute approximate surface area is 112 Å². The molecule has 0 aromatic rings. The van der Waals surface area contributed by atoms with E-state index in [2.05, 4.69) is 25.2 Å². The third kappa shape index (κ3) is 1.52. The smallest absolute Gasteiger partial charge is 0.310 e. The lowest BCUT2D eigenvalue weighted by atomic mass is 9.47. The van der Waals surface area contributed by atoms with Crippen molar-refractivity contribution in [2.45, 2.75) is 6.92 Å². The number of hydrogen-bond acceptors (Lipinski definition) is 4. The summed E-state index contributed by atoms with van der Waals surface area (Å²) in [6.07, 6.45) is 6.38. The van der Waals surface area contributed by atoms with Crippen molar-refractivity contribution in [3.63, 3.8) is 0 Å². The molecule has 0 aromatic heterocycles. The second-order valence-corrected chi connectivity index (χ2v) is 5.65. The molecule has 19 heavy (non-hydrogen) atoms. The molecule has 0 aliphatic heterocycles. The summed E-state index contributed by atoms with van der Waals surface area (Å²) in [5, 5.41) is 0.